The monoisotopic (exact) mass is 326 g/mol. The molecule has 1 N–H and O–H groups in total. The smallest absolute Gasteiger partial charge is 0.271 e. The second-order valence-corrected chi connectivity index (χ2v) is 5.70. The third-order valence-electron chi connectivity index (χ3n) is 2.45. The maximum Gasteiger partial charge on any atom is 0.271 e. The number of rotatable bonds is 4. The van der Waals surface area contributed by atoms with Crippen molar-refractivity contribution in [1.82, 2.24) is 0 Å². The van der Waals surface area contributed by atoms with Crippen molar-refractivity contribution in [2.45, 2.75) is 13.0 Å². The number of hydrogen-bond donors (Lipinski definition) is 1. The van der Waals surface area contributed by atoms with Crippen LogP contribution in [0.25, 0.3) is 0 Å². The lowest BCUT2D eigenvalue weighted by Crippen LogP contribution is -2.04. The molecule has 0 saturated heterocycles. The number of nitro benzene ring substituents is 1. The van der Waals surface area contributed by atoms with Crippen molar-refractivity contribution in [2.75, 3.05) is 5.32 Å². The number of nitrogens with zero attached hydrogens (tertiary/aromatic N) is 1. The summed E-state index contributed by atoms with van der Waals surface area (Å²) in [5.41, 5.74) is 0.848. The van der Waals surface area contributed by atoms with Crippen molar-refractivity contribution in [3.63, 3.8) is 0 Å². The van der Waals surface area contributed by atoms with Gasteiger partial charge in [-0.3, -0.25) is 10.1 Å². The van der Waals surface area contributed by atoms with E-state index in [1.165, 1.54) is 10.9 Å². The molecular weight excluding hydrogens is 316 g/mol. The van der Waals surface area contributed by atoms with Crippen LogP contribution in [0.2, 0.25) is 0 Å². The molecule has 6 heteroatoms. The van der Waals surface area contributed by atoms with Gasteiger partial charge in [0, 0.05) is 32.6 Å². The number of anilines is 1. The van der Waals surface area contributed by atoms with Crippen LogP contribution in [0.1, 0.15) is 17.8 Å². The number of thiophene rings is 1. The van der Waals surface area contributed by atoms with Gasteiger partial charge in [0.1, 0.15) is 0 Å². The first-order valence-electron chi connectivity index (χ1n) is 5.31. The topological polar surface area (TPSA) is 55.2 Å². The normalized spacial score (nSPS) is 12.1. The average molecular weight is 327 g/mol. The van der Waals surface area contributed by atoms with Gasteiger partial charge in [0.25, 0.3) is 5.69 Å². The first-order chi connectivity index (χ1) is 8.56. The third-order valence-corrected chi connectivity index (χ3v) is 4.33. The summed E-state index contributed by atoms with van der Waals surface area (Å²) in [5.74, 6) is 0. The van der Waals surface area contributed by atoms with Crippen LogP contribution in [0.3, 0.4) is 0 Å². The molecule has 0 aliphatic rings. The molecule has 0 bridgehead atoms. The summed E-state index contributed by atoms with van der Waals surface area (Å²) >= 11 is 5.05. The molecule has 2 rings (SSSR count). The van der Waals surface area contributed by atoms with E-state index >= 15 is 0 Å². The first-order valence-corrected chi connectivity index (χ1v) is 6.98. The van der Waals surface area contributed by atoms with Crippen molar-refractivity contribution in [3.8, 4) is 0 Å². The van der Waals surface area contributed by atoms with Crippen LogP contribution in [0.4, 0.5) is 11.4 Å². The second-order valence-electron chi connectivity index (χ2n) is 3.84. The van der Waals surface area contributed by atoms with Gasteiger partial charge in [-0.15, -0.1) is 11.3 Å². The fraction of sp³-hybridized carbons (Fsp3) is 0.167. The minimum atomic E-state index is -0.391. The average Bonchev–Trinajstić information content (AvgIpc) is 2.76. The van der Waals surface area contributed by atoms with Crippen molar-refractivity contribution in [3.05, 3.63) is 55.2 Å². The predicted molar refractivity (Wildman–Crippen MR) is 77.2 cm³/mol. The molecule has 18 heavy (non-hydrogen) atoms. The van der Waals surface area contributed by atoms with Gasteiger partial charge in [-0.25, -0.2) is 0 Å². The lowest BCUT2D eigenvalue weighted by molar-refractivity contribution is -0.384. The maximum absolute atomic E-state index is 10.7. The summed E-state index contributed by atoms with van der Waals surface area (Å²) in [7, 11) is 0. The standard InChI is InChI=1S/C12H11BrN2O2S/c1-8(12-5-9(13)7-18-12)14-10-3-2-4-11(6-10)15(16)17/h2-8,14H,1H3. The molecule has 0 radical (unpaired) electrons. The van der Waals surface area contributed by atoms with E-state index in [9.17, 15) is 10.1 Å². The van der Waals surface area contributed by atoms with Gasteiger partial charge in [0.2, 0.25) is 0 Å². The van der Waals surface area contributed by atoms with Gasteiger partial charge in [0.15, 0.2) is 0 Å². The minimum Gasteiger partial charge on any atom is -0.378 e. The molecule has 0 aliphatic heterocycles. The lowest BCUT2D eigenvalue weighted by Gasteiger charge is -2.13. The van der Waals surface area contributed by atoms with E-state index in [2.05, 4.69) is 21.2 Å². The van der Waals surface area contributed by atoms with Crippen LogP contribution in [-0.2, 0) is 0 Å². The fourth-order valence-corrected chi connectivity index (χ4v) is 3.04. The zero-order valence-corrected chi connectivity index (χ0v) is 12.0. The highest BCUT2D eigenvalue weighted by molar-refractivity contribution is 9.10. The van der Waals surface area contributed by atoms with E-state index in [0.717, 1.165) is 10.2 Å². The number of halogens is 1. The van der Waals surface area contributed by atoms with Crippen molar-refractivity contribution >= 4 is 38.6 Å². The molecule has 1 aromatic carbocycles. The Labute approximate surface area is 117 Å². The molecule has 0 aliphatic carbocycles. The quantitative estimate of drug-likeness (QED) is 0.660. The van der Waals surface area contributed by atoms with Gasteiger partial charge in [-0.05, 0) is 35.0 Å². The summed E-state index contributed by atoms with van der Waals surface area (Å²) in [5, 5.41) is 16.0. The van der Waals surface area contributed by atoms with Gasteiger partial charge in [-0.1, -0.05) is 6.07 Å². The Bertz CT molecular complexity index is 571. The molecule has 2 aromatic rings. The first kappa shape index (κ1) is 13.0. The molecule has 94 valence electrons. The van der Waals surface area contributed by atoms with Crippen LogP contribution in [0.5, 0.6) is 0 Å². The highest BCUT2D eigenvalue weighted by Crippen LogP contribution is 2.28. The Balaban J connectivity index is 2.14. The van der Waals surface area contributed by atoms with Crippen LogP contribution in [-0.4, -0.2) is 4.92 Å². The van der Waals surface area contributed by atoms with E-state index in [0.29, 0.717) is 0 Å². The molecule has 0 amide bonds. The van der Waals surface area contributed by atoms with Gasteiger partial charge in [0.05, 0.1) is 11.0 Å². The number of non-ortho nitro benzene ring substituents is 1. The van der Waals surface area contributed by atoms with E-state index in [-0.39, 0.29) is 11.7 Å². The second kappa shape index (κ2) is 5.49. The molecule has 1 aromatic heterocycles. The minimum absolute atomic E-state index is 0.0968. The zero-order valence-electron chi connectivity index (χ0n) is 9.59. The Kier molecular flexibility index (Phi) is 3.98. The Hall–Kier alpha value is -1.40. The number of benzene rings is 1. The molecule has 0 spiro atoms. The Morgan fingerprint density at radius 3 is 2.83 bits per heavy atom. The zero-order chi connectivity index (χ0) is 13.1. The summed E-state index contributed by atoms with van der Waals surface area (Å²) in [6, 6.07) is 8.68. The predicted octanol–water partition coefficient (Wildman–Crippen LogP) is 4.59. The van der Waals surface area contributed by atoms with Gasteiger partial charge < -0.3 is 5.32 Å². The van der Waals surface area contributed by atoms with Gasteiger partial charge in [-0.2, -0.15) is 0 Å². The summed E-state index contributed by atoms with van der Waals surface area (Å²) < 4.78 is 1.05. The fourth-order valence-electron chi connectivity index (χ4n) is 1.59. The highest BCUT2D eigenvalue weighted by atomic mass is 79.9. The highest BCUT2D eigenvalue weighted by Gasteiger charge is 2.10. The van der Waals surface area contributed by atoms with Crippen LogP contribution >= 0.6 is 27.3 Å². The van der Waals surface area contributed by atoms with Crippen molar-refractivity contribution < 1.29 is 4.92 Å². The van der Waals surface area contributed by atoms with Gasteiger partial charge >= 0.3 is 0 Å². The van der Waals surface area contributed by atoms with E-state index < -0.39 is 4.92 Å². The van der Waals surface area contributed by atoms with Crippen LogP contribution in [0, 0.1) is 10.1 Å². The maximum atomic E-state index is 10.7. The SMILES string of the molecule is CC(Nc1cccc([N+](=O)[O-])c1)c1cc(Br)cs1. The molecule has 0 saturated carbocycles. The summed E-state index contributed by atoms with van der Waals surface area (Å²) in [6.07, 6.45) is 0. The van der Waals surface area contributed by atoms with E-state index in [4.69, 9.17) is 0 Å². The number of nitrogens with one attached hydrogen (secondary N) is 1. The Morgan fingerprint density at radius 1 is 1.44 bits per heavy atom. The van der Waals surface area contributed by atoms with Crippen molar-refractivity contribution in [1.29, 1.82) is 0 Å². The Morgan fingerprint density at radius 2 is 2.22 bits per heavy atom. The molecular formula is C12H11BrN2O2S. The molecule has 1 heterocycles. The molecule has 1 unspecified atom stereocenters. The van der Waals surface area contributed by atoms with E-state index in [1.807, 2.05) is 24.4 Å². The number of hydrogen-bond acceptors (Lipinski definition) is 4. The molecule has 4 nitrogen and oxygen atoms in total. The van der Waals surface area contributed by atoms with Crippen LogP contribution in [0.15, 0.2) is 40.2 Å². The number of nitro groups is 1. The summed E-state index contributed by atoms with van der Waals surface area (Å²) in [4.78, 5) is 11.5. The van der Waals surface area contributed by atoms with E-state index in [1.54, 1.807) is 23.5 Å². The lowest BCUT2D eigenvalue weighted by atomic mass is 10.2. The van der Waals surface area contributed by atoms with Crippen molar-refractivity contribution in [2.24, 2.45) is 0 Å². The molecule has 0 fully saturated rings. The molecule has 1 atom stereocenters. The third kappa shape index (κ3) is 3.08. The van der Waals surface area contributed by atoms with Crippen LogP contribution < -0.4 is 5.32 Å². The summed E-state index contributed by atoms with van der Waals surface area (Å²) in [6.45, 7) is 2.02. The largest absolute Gasteiger partial charge is 0.378 e.